The van der Waals surface area contributed by atoms with E-state index < -0.39 is 29.5 Å². The fraction of sp³-hybridized carbons (Fsp3) is 0.259. The molecule has 11 heteroatoms. The van der Waals surface area contributed by atoms with Gasteiger partial charge in [0.1, 0.15) is 5.82 Å². The van der Waals surface area contributed by atoms with Gasteiger partial charge in [0.25, 0.3) is 5.56 Å². The van der Waals surface area contributed by atoms with Gasteiger partial charge in [-0.15, -0.1) is 0 Å². The summed E-state index contributed by atoms with van der Waals surface area (Å²) in [6.45, 7) is 0.726. The summed E-state index contributed by atoms with van der Waals surface area (Å²) in [5.74, 6) is -3.61. The monoisotopic (exact) mass is 540 g/mol. The number of nitrogens with one attached hydrogen (secondary N) is 2. The Hall–Kier alpha value is -4.02. The Morgan fingerprint density at radius 3 is 2.32 bits per heavy atom. The molecule has 0 radical (unpaired) electrons. The smallest absolute Gasteiger partial charge is 0.306 e. The summed E-state index contributed by atoms with van der Waals surface area (Å²) in [6, 6.07) is 15.2. The molecule has 0 unspecified atom stereocenters. The third kappa shape index (κ3) is 6.45. The Bertz CT molecular complexity index is 1390. The van der Waals surface area contributed by atoms with Gasteiger partial charge in [-0.05, 0) is 42.5 Å². The van der Waals surface area contributed by atoms with Gasteiger partial charge in [-0.3, -0.25) is 23.7 Å². The van der Waals surface area contributed by atoms with E-state index in [1.807, 2.05) is 4.90 Å². The molecule has 1 fully saturated rings. The number of anilines is 2. The van der Waals surface area contributed by atoms with E-state index in [1.54, 1.807) is 36.4 Å². The molecule has 1 aliphatic rings. The van der Waals surface area contributed by atoms with Crippen molar-refractivity contribution in [2.45, 2.75) is 6.42 Å². The molecule has 1 saturated heterocycles. The highest BCUT2D eigenvalue weighted by Crippen LogP contribution is 2.28. The molecular formula is C27H26ClFN4O5. The van der Waals surface area contributed by atoms with E-state index in [1.165, 1.54) is 36.1 Å². The SMILES string of the molecule is COC(=O)CCN1C[C@H](C(=O)Nc2ccc(Cl)cc2)[C@@H](C(=O)Nc2ccc(-n3ccccc3=O)cc2F)C1. The Morgan fingerprint density at radius 1 is 1.00 bits per heavy atom. The highest BCUT2D eigenvalue weighted by atomic mass is 35.5. The van der Waals surface area contributed by atoms with E-state index in [-0.39, 0.29) is 36.7 Å². The van der Waals surface area contributed by atoms with Gasteiger partial charge in [0.2, 0.25) is 11.8 Å². The lowest BCUT2D eigenvalue weighted by Crippen LogP contribution is -2.35. The van der Waals surface area contributed by atoms with Crippen LogP contribution in [-0.2, 0) is 19.1 Å². The number of likely N-dealkylation sites (tertiary alicyclic amines) is 1. The normalized spacial score (nSPS) is 17.1. The van der Waals surface area contributed by atoms with Gasteiger partial charge in [-0.1, -0.05) is 17.7 Å². The lowest BCUT2D eigenvalue weighted by Gasteiger charge is -2.18. The minimum atomic E-state index is -0.809. The molecule has 0 saturated carbocycles. The molecule has 2 aromatic carbocycles. The molecule has 4 rings (SSSR count). The number of esters is 1. The average molecular weight is 541 g/mol. The summed E-state index contributed by atoms with van der Waals surface area (Å²) in [4.78, 5) is 51.9. The zero-order valence-corrected chi connectivity index (χ0v) is 21.3. The standard InChI is InChI=1S/C27H26ClFN4O5/c1-38-25(35)11-13-32-15-20(26(36)30-18-7-5-17(28)6-8-18)21(16-32)27(37)31-23-10-9-19(14-22(23)29)33-12-3-2-4-24(33)34/h2-10,12,14,20-21H,11,13,15-16H2,1H3,(H,30,36)(H,31,37)/t20-,21-/m0/s1. The molecule has 198 valence electrons. The van der Waals surface area contributed by atoms with Gasteiger partial charge in [-0.2, -0.15) is 0 Å². The van der Waals surface area contributed by atoms with Crippen molar-refractivity contribution in [2.75, 3.05) is 37.4 Å². The second-order valence-electron chi connectivity index (χ2n) is 8.86. The van der Waals surface area contributed by atoms with E-state index in [4.69, 9.17) is 16.3 Å². The molecule has 2 heterocycles. The highest BCUT2D eigenvalue weighted by molar-refractivity contribution is 6.30. The Morgan fingerprint density at radius 2 is 1.68 bits per heavy atom. The van der Waals surface area contributed by atoms with Crippen molar-refractivity contribution in [1.29, 1.82) is 0 Å². The first-order valence-electron chi connectivity index (χ1n) is 11.9. The van der Waals surface area contributed by atoms with E-state index >= 15 is 0 Å². The minimum Gasteiger partial charge on any atom is -0.469 e. The molecule has 2 N–H and O–H groups in total. The van der Waals surface area contributed by atoms with E-state index in [0.717, 1.165) is 6.07 Å². The van der Waals surface area contributed by atoms with Gasteiger partial charge >= 0.3 is 5.97 Å². The van der Waals surface area contributed by atoms with Crippen LogP contribution in [0.25, 0.3) is 5.69 Å². The molecule has 1 aliphatic heterocycles. The number of carbonyl (C=O) groups excluding carboxylic acids is 3. The number of hydrogen-bond acceptors (Lipinski definition) is 6. The number of ether oxygens (including phenoxy) is 1. The van der Waals surface area contributed by atoms with Crippen molar-refractivity contribution >= 4 is 40.8 Å². The Kier molecular flexibility index (Phi) is 8.55. The number of pyridine rings is 1. The van der Waals surface area contributed by atoms with Gasteiger partial charge < -0.3 is 20.3 Å². The zero-order valence-electron chi connectivity index (χ0n) is 20.5. The van der Waals surface area contributed by atoms with Crippen LogP contribution in [0.2, 0.25) is 5.02 Å². The first-order valence-corrected chi connectivity index (χ1v) is 12.3. The maximum atomic E-state index is 14.9. The van der Waals surface area contributed by atoms with Crippen LogP contribution in [0.5, 0.6) is 0 Å². The molecule has 3 aromatic rings. The lowest BCUT2D eigenvalue weighted by atomic mass is 9.94. The molecule has 2 amide bonds. The van der Waals surface area contributed by atoms with Crippen LogP contribution in [0, 0.1) is 17.7 Å². The number of benzene rings is 2. The number of aromatic nitrogens is 1. The third-order valence-corrected chi connectivity index (χ3v) is 6.60. The summed E-state index contributed by atoms with van der Waals surface area (Å²) in [5.41, 5.74) is 0.425. The predicted octanol–water partition coefficient (Wildman–Crippen LogP) is 3.32. The maximum absolute atomic E-state index is 14.9. The summed E-state index contributed by atoms with van der Waals surface area (Å²) in [5, 5.41) is 5.89. The van der Waals surface area contributed by atoms with Gasteiger partial charge in [-0.25, -0.2) is 4.39 Å². The number of hydrogen-bond donors (Lipinski definition) is 2. The van der Waals surface area contributed by atoms with Crippen LogP contribution in [0.4, 0.5) is 15.8 Å². The number of nitrogens with zero attached hydrogens (tertiary/aromatic N) is 2. The second-order valence-corrected chi connectivity index (χ2v) is 9.29. The first-order chi connectivity index (χ1) is 18.2. The van der Waals surface area contributed by atoms with Crippen molar-refractivity contribution in [3.63, 3.8) is 0 Å². The molecule has 0 aliphatic carbocycles. The fourth-order valence-electron chi connectivity index (χ4n) is 4.34. The highest BCUT2D eigenvalue weighted by Gasteiger charge is 2.42. The van der Waals surface area contributed by atoms with Crippen molar-refractivity contribution in [3.05, 3.63) is 88.1 Å². The van der Waals surface area contributed by atoms with Crippen LogP contribution in [0.1, 0.15) is 6.42 Å². The third-order valence-electron chi connectivity index (χ3n) is 6.35. The van der Waals surface area contributed by atoms with Gasteiger partial charge in [0.15, 0.2) is 0 Å². The summed E-state index contributed by atoms with van der Waals surface area (Å²) in [6.07, 6.45) is 1.62. The summed E-state index contributed by atoms with van der Waals surface area (Å²) in [7, 11) is 1.29. The van der Waals surface area contributed by atoms with Gasteiger partial charge in [0.05, 0.1) is 36.7 Å². The average Bonchev–Trinajstić information content (AvgIpc) is 3.35. The molecule has 1 aromatic heterocycles. The number of carbonyl (C=O) groups is 3. The largest absolute Gasteiger partial charge is 0.469 e. The zero-order chi connectivity index (χ0) is 27.2. The van der Waals surface area contributed by atoms with Crippen LogP contribution in [0.3, 0.4) is 0 Å². The quantitative estimate of drug-likeness (QED) is 0.424. The second kappa shape index (κ2) is 12.0. The van der Waals surface area contributed by atoms with Crippen LogP contribution < -0.4 is 16.2 Å². The molecule has 0 bridgehead atoms. The number of rotatable bonds is 8. The van der Waals surface area contributed by atoms with E-state index in [0.29, 0.717) is 22.9 Å². The number of amides is 2. The molecule has 38 heavy (non-hydrogen) atoms. The van der Waals surface area contributed by atoms with Gasteiger partial charge in [0, 0.05) is 48.7 Å². The Labute approximate surface area is 223 Å². The van der Waals surface area contributed by atoms with Crippen LogP contribution >= 0.6 is 11.6 Å². The van der Waals surface area contributed by atoms with Crippen molar-refractivity contribution < 1.29 is 23.5 Å². The summed E-state index contributed by atoms with van der Waals surface area (Å²) >= 11 is 5.92. The molecule has 9 nitrogen and oxygen atoms in total. The van der Waals surface area contributed by atoms with Crippen molar-refractivity contribution in [3.8, 4) is 5.69 Å². The lowest BCUT2D eigenvalue weighted by molar-refractivity contribution is -0.140. The van der Waals surface area contributed by atoms with Crippen molar-refractivity contribution in [2.24, 2.45) is 11.8 Å². The Balaban J connectivity index is 1.51. The minimum absolute atomic E-state index is 0.0763. The number of halogens is 2. The molecular weight excluding hydrogens is 515 g/mol. The van der Waals surface area contributed by atoms with Crippen LogP contribution in [-0.4, -0.2) is 54.0 Å². The first kappa shape index (κ1) is 27.0. The maximum Gasteiger partial charge on any atom is 0.306 e. The molecule has 2 atom stereocenters. The molecule has 0 spiro atoms. The van der Waals surface area contributed by atoms with Crippen molar-refractivity contribution in [1.82, 2.24) is 9.47 Å². The summed E-state index contributed by atoms with van der Waals surface area (Å²) < 4.78 is 20.9. The van der Waals surface area contributed by atoms with Crippen LogP contribution in [0.15, 0.2) is 71.7 Å². The van der Waals surface area contributed by atoms with E-state index in [9.17, 15) is 23.6 Å². The number of methoxy groups -OCH3 is 1. The fourth-order valence-corrected chi connectivity index (χ4v) is 4.47. The topological polar surface area (TPSA) is 110 Å². The van der Waals surface area contributed by atoms with E-state index in [2.05, 4.69) is 10.6 Å². The predicted molar refractivity (Wildman–Crippen MR) is 141 cm³/mol.